The van der Waals surface area contributed by atoms with Crippen LogP contribution < -0.4 is 31.9 Å². The average Bonchev–Trinajstić information content (AvgIpc) is 3.02. The van der Waals surface area contributed by atoms with Crippen LogP contribution >= 0.6 is 11.8 Å². The zero-order valence-corrected chi connectivity index (χ0v) is 35.1. The summed E-state index contributed by atoms with van der Waals surface area (Å²) in [6.07, 6.45) is -0.0683. The van der Waals surface area contributed by atoms with Crippen molar-refractivity contribution < 1.29 is 48.5 Å². The van der Waals surface area contributed by atoms with Crippen LogP contribution in [-0.4, -0.2) is 112 Å². The number of carbonyl (C=O) groups is 7. The molecule has 0 aliphatic rings. The van der Waals surface area contributed by atoms with Gasteiger partial charge in [0, 0.05) is 13.0 Å². The molecule has 0 spiro atoms. The highest BCUT2D eigenvalue weighted by atomic mass is 32.2. The predicted octanol–water partition coefficient (Wildman–Crippen LogP) is 2.32. The van der Waals surface area contributed by atoms with E-state index >= 15 is 0 Å². The fraction of sp³-hybridized carbons (Fsp3) is 0.811. The third kappa shape index (κ3) is 20.7. The Morgan fingerprint density at radius 1 is 0.704 bits per heavy atom. The third-order valence-corrected chi connectivity index (χ3v) is 8.80. The summed E-state index contributed by atoms with van der Waals surface area (Å²) in [4.78, 5) is 89.8. The van der Waals surface area contributed by atoms with Gasteiger partial charge in [-0.3, -0.25) is 28.8 Å². The van der Waals surface area contributed by atoms with Crippen molar-refractivity contribution in [2.45, 2.75) is 150 Å². The minimum Gasteiger partial charge on any atom is -0.481 e. The largest absolute Gasteiger partial charge is 0.481 e. The number of carboxylic acids is 1. The molecule has 0 bridgehead atoms. The zero-order chi connectivity index (χ0) is 41.9. The van der Waals surface area contributed by atoms with Gasteiger partial charge in [0.2, 0.25) is 29.5 Å². The molecule has 0 saturated heterocycles. The average molecular weight is 789 g/mol. The predicted molar refractivity (Wildman–Crippen MR) is 208 cm³/mol. The van der Waals surface area contributed by atoms with Crippen LogP contribution in [0.3, 0.4) is 0 Å². The van der Waals surface area contributed by atoms with Gasteiger partial charge in [0.15, 0.2) is 0 Å². The van der Waals surface area contributed by atoms with Crippen LogP contribution in [0.15, 0.2) is 0 Å². The molecule has 0 aromatic rings. The molecule has 312 valence electrons. The Balaban J connectivity index is 5.84. The molecule has 0 aromatic heterocycles. The molecule has 6 atom stereocenters. The van der Waals surface area contributed by atoms with Gasteiger partial charge in [0.1, 0.15) is 29.8 Å². The van der Waals surface area contributed by atoms with Gasteiger partial charge in [-0.2, -0.15) is 11.8 Å². The maximum atomic E-state index is 13.7. The first-order chi connectivity index (χ1) is 24.9. The Morgan fingerprint density at radius 3 is 1.70 bits per heavy atom. The van der Waals surface area contributed by atoms with Crippen LogP contribution in [-0.2, 0) is 33.5 Å². The molecule has 0 rings (SSSR count). The summed E-state index contributed by atoms with van der Waals surface area (Å²) in [7, 11) is 0. The highest BCUT2D eigenvalue weighted by molar-refractivity contribution is 7.98. The minimum absolute atomic E-state index is 0.00645. The fourth-order valence-electron chi connectivity index (χ4n) is 5.28. The zero-order valence-electron chi connectivity index (χ0n) is 34.3. The van der Waals surface area contributed by atoms with Gasteiger partial charge in [-0.1, -0.05) is 55.4 Å². The van der Waals surface area contributed by atoms with Crippen molar-refractivity contribution in [3.05, 3.63) is 0 Å². The molecule has 0 radical (unpaired) electrons. The van der Waals surface area contributed by atoms with E-state index in [1.165, 1.54) is 11.8 Å². The molecule has 0 aliphatic carbocycles. The van der Waals surface area contributed by atoms with E-state index in [2.05, 4.69) is 31.9 Å². The van der Waals surface area contributed by atoms with Gasteiger partial charge < -0.3 is 46.9 Å². The SMILES string of the molecule is CSCC[C@H](NC(=O)[C@@H](NC(=O)OC(C)(C)C)C(C)C)C(=O)N[C@@H](CC(C)C)[C@@H](O)CC(=O)N[C@H](C(=O)N[C@H](C(=O)NCCCC(=O)O)C(C)C)C(C)C. The number of aliphatic carboxylic acids is 1. The molecule has 16 nitrogen and oxygen atoms in total. The number of hydrogen-bond donors (Lipinski definition) is 8. The number of amides is 6. The smallest absolute Gasteiger partial charge is 0.408 e. The summed E-state index contributed by atoms with van der Waals surface area (Å²) >= 11 is 1.47. The molecule has 8 N–H and O–H groups in total. The Labute approximate surface area is 325 Å². The van der Waals surface area contributed by atoms with Gasteiger partial charge in [-0.05, 0) is 75.7 Å². The summed E-state index contributed by atoms with van der Waals surface area (Å²) in [6, 6.07) is -4.90. The van der Waals surface area contributed by atoms with Crippen molar-refractivity contribution in [3.63, 3.8) is 0 Å². The van der Waals surface area contributed by atoms with E-state index in [0.29, 0.717) is 12.2 Å². The van der Waals surface area contributed by atoms with E-state index in [1.807, 2.05) is 20.1 Å². The lowest BCUT2D eigenvalue weighted by Crippen LogP contribution is -2.58. The van der Waals surface area contributed by atoms with Gasteiger partial charge in [0.05, 0.1) is 18.6 Å². The van der Waals surface area contributed by atoms with E-state index in [0.717, 1.165) is 0 Å². The van der Waals surface area contributed by atoms with Crippen LogP contribution in [0.2, 0.25) is 0 Å². The summed E-state index contributed by atoms with van der Waals surface area (Å²) in [6.45, 7) is 19.4. The second kappa shape index (κ2) is 24.7. The topological polar surface area (TPSA) is 241 Å². The molecule has 0 saturated carbocycles. The molecular formula is C37H68N6O10S. The molecular weight excluding hydrogens is 721 g/mol. The maximum Gasteiger partial charge on any atom is 0.408 e. The number of ether oxygens (including phenoxy) is 1. The second-order valence-electron chi connectivity index (χ2n) is 16.0. The Morgan fingerprint density at radius 2 is 1.22 bits per heavy atom. The van der Waals surface area contributed by atoms with Crippen molar-refractivity contribution >= 4 is 53.4 Å². The first-order valence-electron chi connectivity index (χ1n) is 18.8. The number of aliphatic hydroxyl groups excluding tert-OH is 1. The quantitative estimate of drug-likeness (QED) is 0.0661. The van der Waals surface area contributed by atoms with Crippen LogP contribution in [0, 0.1) is 23.7 Å². The van der Waals surface area contributed by atoms with Gasteiger partial charge in [0.25, 0.3) is 0 Å². The number of hydrogen-bond acceptors (Lipinski definition) is 10. The van der Waals surface area contributed by atoms with Crippen LogP contribution in [0.1, 0.15) is 108 Å². The Hall–Kier alpha value is -3.60. The lowest BCUT2D eigenvalue weighted by atomic mass is 9.95. The van der Waals surface area contributed by atoms with Crippen molar-refractivity contribution in [3.8, 4) is 0 Å². The molecule has 17 heteroatoms. The number of aliphatic hydroxyl groups is 1. The van der Waals surface area contributed by atoms with Crippen molar-refractivity contribution in [1.82, 2.24) is 31.9 Å². The molecule has 0 aromatic carbocycles. The van der Waals surface area contributed by atoms with Gasteiger partial charge in [-0.25, -0.2) is 4.79 Å². The lowest BCUT2D eigenvalue weighted by molar-refractivity contribution is -0.137. The number of alkyl carbamates (subject to hydrolysis) is 1. The molecule has 0 heterocycles. The number of nitrogens with one attached hydrogen (secondary N) is 6. The molecule has 0 aliphatic heterocycles. The highest BCUT2D eigenvalue weighted by Gasteiger charge is 2.34. The molecule has 0 unspecified atom stereocenters. The van der Waals surface area contributed by atoms with Crippen molar-refractivity contribution in [2.24, 2.45) is 23.7 Å². The molecule has 6 amide bonds. The summed E-state index contributed by atoms with van der Waals surface area (Å²) in [5.74, 6) is -4.41. The lowest BCUT2D eigenvalue weighted by Gasteiger charge is -2.30. The standard InChI is InChI=1S/C37H68N6O10S/c1-20(2)18-25(40-32(48)24(15-17-54-12)39-34(50)31(23(7)8)43-36(52)53-37(9,10)11)26(44)19-27(45)41-30(22(5)6)35(51)42-29(21(3)4)33(49)38-16-13-14-28(46)47/h20-26,29-31,44H,13-19H2,1-12H3,(H,38,49)(H,39,50)(H,40,48)(H,41,45)(H,42,51)(H,43,52)(H,46,47)/t24-,25-,26-,29-,30-,31-/m0/s1. The summed E-state index contributed by atoms with van der Waals surface area (Å²) in [5.41, 5.74) is -0.782. The van der Waals surface area contributed by atoms with E-state index < -0.39 is 95.9 Å². The third-order valence-electron chi connectivity index (χ3n) is 8.16. The first kappa shape index (κ1) is 50.4. The summed E-state index contributed by atoms with van der Waals surface area (Å²) in [5, 5.41) is 36.3. The molecule has 54 heavy (non-hydrogen) atoms. The normalized spacial score (nSPS) is 15.1. The van der Waals surface area contributed by atoms with Gasteiger partial charge >= 0.3 is 12.1 Å². The van der Waals surface area contributed by atoms with E-state index in [9.17, 15) is 38.7 Å². The number of carboxylic acid groups (broad SMARTS) is 1. The van der Waals surface area contributed by atoms with Gasteiger partial charge in [-0.15, -0.1) is 0 Å². The molecule has 0 fully saturated rings. The van der Waals surface area contributed by atoms with Crippen LogP contribution in [0.5, 0.6) is 0 Å². The first-order valence-corrected chi connectivity index (χ1v) is 20.2. The van der Waals surface area contributed by atoms with Crippen molar-refractivity contribution in [2.75, 3.05) is 18.6 Å². The van der Waals surface area contributed by atoms with Crippen LogP contribution in [0.4, 0.5) is 4.79 Å². The minimum atomic E-state index is -1.36. The van der Waals surface area contributed by atoms with Crippen molar-refractivity contribution in [1.29, 1.82) is 0 Å². The monoisotopic (exact) mass is 788 g/mol. The van der Waals surface area contributed by atoms with Crippen LogP contribution in [0.25, 0.3) is 0 Å². The Bertz CT molecular complexity index is 1240. The van der Waals surface area contributed by atoms with E-state index in [1.54, 1.807) is 62.3 Å². The van der Waals surface area contributed by atoms with E-state index in [4.69, 9.17) is 9.84 Å². The van der Waals surface area contributed by atoms with E-state index in [-0.39, 0.29) is 43.6 Å². The number of carbonyl (C=O) groups excluding carboxylic acids is 6. The Kier molecular flexibility index (Phi) is 23.1. The fourth-order valence-corrected chi connectivity index (χ4v) is 5.75. The second-order valence-corrected chi connectivity index (χ2v) is 17.0. The highest BCUT2D eigenvalue weighted by Crippen LogP contribution is 2.15. The number of rotatable bonds is 24. The number of thioether (sulfide) groups is 1. The summed E-state index contributed by atoms with van der Waals surface area (Å²) < 4.78 is 5.31. The maximum absolute atomic E-state index is 13.7.